The van der Waals surface area contributed by atoms with Gasteiger partial charge < -0.3 is 10.1 Å². The summed E-state index contributed by atoms with van der Waals surface area (Å²) in [5.41, 5.74) is 2.30. The van der Waals surface area contributed by atoms with Gasteiger partial charge in [-0.25, -0.2) is 0 Å². The Balaban J connectivity index is 1.85. The predicted octanol–water partition coefficient (Wildman–Crippen LogP) is 2.88. The van der Waals surface area contributed by atoms with E-state index in [0.717, 1.165) is 36.2 Å². The minimum absolute atomic E-state index is 0.479. The van der Waals surface area contributed by atoms with Crippen molar-refractivity contribution in [1.29, 1.82) is 0 Å². The number of pyridine rings is 1. The van der Waals surface area contributed by atoms with Crippen LogP contribution in [0.5, 0.6) is 0 Å². The van der Waals surface area contributed by atoms with Gasteiger partial charge in [-0.3, -0.25) is 4.98 Å². The first-order chi connectivity index (χ1) is 8.84. The highest BCUT2D eigenvalue weighted by atomic mass is 79.9. The van der Waals surface area contributed by atoms with Gasteiger partial charge in [-0.1, -0.05) is 28.1 Å². The second-order valence-electron chi connectivity index (χ2n) is 4.55. The Hall–Kier alpha value is -0.970. The maximum atomic E-state index is 5.37. The largest absolute Gasteiger partial charge is 0.380 e. The molecule has 3 nitrogen and oxygen atoms in total. The van der Waals surface area contributed by atoms with E-state index in [4.69, 9.17) is 4.74 Å². The number of benzene rings is 1. The highest BCUT2D eigenvalue weighted by Gasteiger charge is 2.15. The third-order valence-electron chi connectivity index (χ3n) is 3.31. The smallest absolute Gasteiger partial charge is 0.0758 e. The normalized spacial score (nSPS) is 19.5. The molecule has 1 unspecified atom stereocenters. The van der Waals surface area contributed by atoms with Gasteiger partial charge >= 0.3 is 0 Å². The van der Waals surface area contributed by atoms with Crippen LogP contribution in [0.4, 0.5) is 0 Å². The molecule has 0 saturated carbocycles. The summed E-state index contributed by atoms with van der Waals surface area (Å²) in [7, 11) is 0. The molecule has 1 aliphatic heterocycles. The molecule has 2 heterocycles. The van der Waals surface area contributed by atoms with Gasteiger partial charge in [-0.05, 0) is 24.1 Å². The number of hydrogen-bond acceptors (Lipinski definition) is 3. The van der Waals surface area contributed by atoms with Crippen molar-refractivity contribution in [1.82, 2.24) is 10.3 Å². The summed E-state index contributed by atoms with van der Waals surface area (Å²) in [4.78, 5) is 4.49. The van der Waals surface area contributed by atoms with E-state index < -0.39 is 0 Å². The summed E-state index contributed by atoms with van der Waals surface area (Å²) in [6.45, 7) is 2.54. The molecule has 1 fully saturated rings. The Morgan fingerprint density at radius 2 is 2.33 bits per heavy atom. The minimum atomic E-state index is 0.479. The van der Waals surface area contributed by atoms with Crippen molar-refractivity contribution in [2.45, 2.75) is 19.0 Å². The predicted molar refractivity (Wildman–Crippen MR) is 75.5 cm³/mol. The van der Waals surface area contributed by atoms with Gasteiger partial charge in [0.2, 0.25) is 0 Å². The standard InChI is InChI=1S/C14H15BrN2O/c15-13-4-3-10(8-17-11-5-7-18-9-11)14-12(13)2-1-6-16-14/h1-4,6,11,17H,5,7-9H2. The van der Waals surface area contributed by atoms with E-state index in [-0.39, 0.29) is 0 Å². The highest BCUT2D eigenvalue weighted by Crippen LogP contribution is 2.25. The van der Waals surface area contributed by atoms with Crippen LogP contribution in [0.25, 0.3) is 10.9 Å². The van der Waals surface area contributed by atoms with Crippen molar-refractivity contribution in [3.63, 3.8) is 0 Å². The topological polar surface area (TPSA) is 34.1 Å². The molecule has 0 bridgehead atoms. The first-order valence-corrected chi connectivity index (χ1v) is 6.97. The Bertz CT molecular complexity index is 552. The molecule has 4 heteroatoms. The second kappa shape index (κ2) is 5.34. The zero-order chi connectivity index (χ0) is 12.4. The van der Waals surface area contributed by atoms with Crippen molar-refractivity contribution in [3.05, 3.63) is 40.5 Å². The molecule has 0 amide bonds. The molecule has 0 radical (unpaired) electrons. The number of ether oxygens (including phenoxy) is 1. The van der Waals surface area contributed by atoms with Crippen molar-refractivity contribution in [3.8, 4) is 0 Å². The zero-order valence-electron chi connectivity index (χ0n) is 10.0. The molecule has 2 aromatic rings. The Morgan fingerprint density at radius 3 is 3.17 bits per heavy atom. The maximum absolute atomic E-state index is 5.37. The summed E-state index contributed by atoms with van der Waals surface area (Å²) in [5, 5.41) is 4.70. The lowest BCUT2D eigenvalue weighted by Gasteiger charge is -2.12. The van der Waals surface area contributed by atoms with Crippen LogP contribution < -0.4 is 5.32 Å². The number of rotatable bonds is 3. The van der Waals surface area contributed by atoms with E-state index in [1.807, 2.05) is 12.3 Å². The van der Waals surface area contributed by atoms with Crippen LogP contribution in [-0.2, 0) is 11.3 Å². The molecule has 18 heavy (non-hydrogen) atoms. The van der Waals surface area contributed by atoms with Crippen LogP contribution in [0.2, 0.25) is 0 Å². The average molecular weight is 307 g/mol. The van der Waals surface area contributed by atoms with Crippen LogP contribution in [0.15, 0.2) is 34.9 Å². The van der Waals surface area contributed by atoms with Crippen LogP contribution in [0.3, 0.4) is 0 Å². The molecular weight excluding hydrogens is 292 g/mol. The maximum Gasteiger partial charge on any atom is 0.0758 e. The van der Waals surface area contributed by atoms with Crippen LogP contribution in [-0.4, -0.2) is 24.2 Å². The third kappa shape index (κ3) is 2.41. The van der Waals surface area contributed by atoms with Gasteiger partial charge in [0, 0.05) is 35.2 Å². The zero-order valence-corrected chi connectivity index (χ0v) is 11.6. The lowest BCUT2D eigenvalue weighted by Crippen LogP contribution is -2.28. The molecular formula is C14H15BrN2O. The number of hydrogen-bond donors (Lipinski definition) is 1. The fourth-order valence-corrected chi connectivity index (χ4v) is 2.74. The number of nitrogens with zero attached hydrogens (tertiary/aromatic N) is 1. The number of halogens is 1. The number of aromatic nitrogens is 1. The third-order valence-corrected chi connectivity index (χ3v) is 4.00. The molecule has 1 saturated heterocycles. The van der Waals surface area contributed by atoms with Crippen LogP contribution >= 0.6 is 15.9 Å². The van der Waals surface area contributed by atoms with E-state index >= 15 is 0 Å². The second-order valence-corrected chi connectivity index (χ2v) is 5.40. The Morgan fingerprint density at radius 1 is 1.39 bits per heavy atom. The fourth-order valence-electron chi connectivity index (χ4n) is 2.29. The SMILES string of the molecule is Brc1ccc(CNC2CCOC2)c2ncccc12. The van der Waals surface area contributed by atoms with E-state index in [1.165, 1.54) is 10.9 Å². The number of fused-ring (bicyclic) bond motifs is 1. The molecule has 1 atom stereocenters. The lowest BCUT2D eigenvalue weighted by molar-refractivity contribution is 0.190. The highest BCUT2D eigenvalue weighted by molar-refractivity contribution is 9.10. The molecule has 1 aromatic carbocycles. The van der Waals surface area contributed by atoms with E-state index in [0.29, 0.717) is 6.04 Å². The van der Waals surface area contributed by atoms with Gasteiger partial charge in [-0.2, -0.15) is 0 Å². The van der Waals surface area contributed by atoms with E-state index in [1.54, 1.807) is 0 Å². The van der Waals surface area contributed by atoms with E-state index in [2.05, 4.69) is 44.4 Å². The molecule has 0 spiro atoms. The summed E-state index contributed by atoms with van der Waals surface area (Å²) in [5.74, 6) is 0. The van der Waals surface area contributed by atoms with Gasteiger partial charge in [0.1, 0.15) is 0 Å². The van der Waals surface area contributed by atoms with Crippen molar-refractivity contribution >= 4 is 26.8 Å². The first-order valence-electron chi connectivity index (χ1n) is 6.18. The van der Waals surface area contributed by atoms with E-state index in [9.17, 15) is 0 Å². The molecule has 3 rings (SSSR count). The average Bonchev–Trinajstić information content (AvgIpc) is 2.92. The van der Waals surface area contributed by atoms with Crippen molar-refractivity contribution < 1.29 is 4.74 Å². The first kappa shape index (κ1) is 12.1. The van der Waals surface area contributed by atoms with Gasteiger partial charge in [0.05, 0.1) is 12.1 Å². The van der Waals surface area contributed by atoms with Gasteiger partial charge in [0.15, 0.2) is 0 Å². The summed E-state index contributed by atoms with van der Waals surface area (Å²) in [6.07, 6.45) is 2.94. The lowest BCUT2D eigenvalue weighted by atomic mass is 10.1. The van der Waals surface area contributed by atoms with Crippen molar-refractivity contribution in [2.75, 3.05) is 13.2 Å². The molecule has 1 aromatic heterocycles. The van der Waals surface area contributed by atoms with Gasteiger partial charge in [-0.15, -0.1) is 0 Å². The minimum Gasteiger partial charge on any atom is -0.380 e. The molecule has 1 aliphatic rings. The van der Waals surface area contributed by atoms with Crippen molar-refractivity contribution in [2.24, 2.45) is 0 Å². The van der Waals surface area contributed by atoms with Gasteiger partial charge in [0.25, 0.3) is 0 Å². The summed E-state index contributed by atoms with van der Waals surface area (Å²) < 4.78 is 6.46. The summed E-state index contributed by atoms with van der Waals surface area (Å²) in [6, 6.07) is 8.75. The fraction of sp³-hybridized carbons (Fsp3) is 0.357. The van der Waals surface area contributed by atoms with Crippen LogP contribution in [0.1, 0.15) is 12.0 Å². The Kier molecular flexibility index (Phi) is 3.59. The summed E-state index contributed by atoms with van der Waals surface area (Å²) >= 11 is 3.57. The molecule has 0 aliphatic carbocycles. The quantitative estimate of drug-likeness (QED) is 0.947. The number of nitrogens with one attached hydrogen (secondary N) is 1. The van der Waals surface area contributed by atoms with Crippen LogP contribution in [0, 0.1) is 0 Å². The molecule has 94 valence electrons. The Labute approximate surface area is 115 Å². The monoisotopic (exact) mass is 306 g/mol. The molecule has 1 N–H and O–H groups in total.